The van der Waals surface area contributed by atoms with Crippen LogP contribution in [-0.4, -0.2) is 63.4 Å². The Morgan fingerprint density at radius 1 is 1.35 bits per heavy atom. The molecule has 0 aromatic heterocycles. The number of nitrogens with one attached hydrogen (secondary N) is 1. The molecule has 20 heavy (non-hydrogen) atoms. The molecule has 5 heteroatoms. The molecule has 0 heterocycles. The van der Waals surface area contributed by atoms with E-state index in [2.05, 4.69) is 24.1 Å². The summed E-state index contributed by atoms with van der Waals surface area (Å²) in [5, 5.41) is 3.48. The number of carbonyl (C=O) groups is 1. The molecule has 1 aliphatic rings. The first-order valence-corrected chi connectivity index (χ1v) is 7.69. The van der Waals surface area contributed by atoms with Gasteiger partial charge in [0.1, 0.15) is 5.54 Å². The Hall–Kier alpha value is -0.650. The fourth-order valence-corrected chi connectivity index (χ4v) is 2.66. The van der Waals surface area contributed by atoms with E-state index in [0.717, 1.165) is 38.9 Å². The molecule has 0 amide bonds. The normalized spacial score (nSPS) is 18.1. The summed E-state index contributed by atoms with van der Waals surface area (Å²) in [4.78, 5) is 14.7. The van der Waals surface area contributed by atoms with Gasteiger partial charge in [0.05, 0.1) is 13.7 Å². The lowest BCUT2D eigenvalue weighted by Gasteiger charge is -2.37. The molecule has 1 unspecified atom stereocenters. The molecular formula is C15H30N2O3. The number of likely N-dealkylation sites (N-methyl/N-ethyl adjacent to an activating group) is 1. The molecule has 0 aromatic carbocycles. The Balaban J connectivity index is 2.80. The average Bonchev–Trinajstić information content (AvgIpc) is 3.31. The van der Waals surface area contributed by atoms with Gasteiger partial charge < -0.3 is 14.8 Å². The Bertz CT molecular complexity index is 295. The minimum Gasteiger partial charge on any atom is -0.468 e. The van der Waals surface area contributed by atoms with Gasteiger partial charge in [-0.25, -0.2) is 4.79 Å². The Labute approximate surface area is 123 Å². The third-order valence-corrected chi connectivity index (χ3v) is 4.05. The van der Waals surface area contributed by atoms with Gasteiger partial charge in [0.15, 0.2) is 0 Å². The maximum absolute atomic E-state index is 12.4. The largest absolute Gasteiger partial charge is 0.468 e. The predicted octanol–water partition coefficient (Wildman–Crippen LogP) is 1.28. The number of hydrogen-bond donors (Lipinski definition) is 1. The van der Waals surface area contributed by atoms with Crippen LogP contribution < -0.4 is 5.32 Å². The molecule has 1 saturated carbocycles. The van der Waals surface area contributed by atoms with Crippen molar-refractivity contribution in [3.05, 3.63) is 0 Å². The predicted molar refractivity (Wildman–Crippen MR) is 79.8 cm³/mol. The van der Waals surface area contributed by atoms with Crippen LogP contribution in [-0.2, 0) is 14.3 Å². The van der Waals surface area contributed by atoms with Crippen LogP contribution >= 0.6 is 0 Å². The Morgan fingerprint density at radius 3 is 2.50 bits per heavy atom. The van der Waals surface area contributed by atoms with E-state index in [1.165, 1.54) is 7.11 Å². The quantitative estimate of drug-likeness (QED) is 0.580. The molecule has 1 N–H and O–H groups in total. The summed E-state index contributed by atoms with van der Waals surface area (Å²) >= 11 is 0. The van der Waals surface area contributed by atoms with E-state index in [0.29, 0.717) is 19.1 Å². The number of methoxy groups -OCH3 is 2. The van der Waals surface area contributed by atoms with Gasteiger partial charge in [-0.3, -0.25) is 4.90 Å². The van der Waals surface area contributed by atoms with Gasteiger partial charge >= 0.3 is 5.97 Å². The van der Waals surface area contributed by atoms with E-state index in [4.69, 9.17) is 9.47 Å². The highest BCUT2D eigenvalue weighted by molar-refractivity contribution is 5.82. The molecule has 0 aliphatic heterocycles. The number of esters is 1. The zero-order valence-electron chi connectivity index (χ0n) is 13.4. The SMILES string of the molecule is CCCNC(CN(CC)CCOC)(C(=O)OC)C1CC1. The summed E-state index contributed by atoms with van der Waals surface area (Å²) in [5.41, 5.74) is -0.547. The van der Waals surface area contributed by atoms with Crippen LogP contribution in [0.5, 0.6) is 0 Å². The summed E-state index contributed by atoms with van der Waals surface area (Å²) in [5.74, 6) is 0.280. The molecule has 0 saturated heterocycles. The van der Waals surface area contributed by atoms with Gasteiger partial charge in [-0.1, -0.05) is 13.8 Å². The van der Waals surface area contributed by atoms with E-state index < -0.39 is 5.54 Å². The topological polar surface area (TPSA) is 50.8 Å². The van der Waals surface area contributed by atoms with Gasteiger partial charge in [0.2, 0.25) is 0 Å². The number of rotatable bonds is 11. The first-order valence-electron chi connectivity index (χ1n) is 7.69. The minimum absolute atomic E-state index is 0.121. The van der Waals surface area contributed by atoms with Gasteiger partial charge in [-0.15, -0.1) is 0 Å². The standard InChI is InChI=1S/C15H30N2O3/c1-5-9-16-15(13-7-8-13,14(18)20-4)12-17(6-2)10-11-19-3/h13,16H,5-12H2,1-4H3. The number of ether oxygens (including phenoxy) is 2. The highest BCUT2D eigenvalue weighted by atomic mass is 16.5. The molecule has 1 fully saturated rings. The van der Waals surface area contributed by atoms with Crippen molar-refractivity contribution in [1.82, 2.24) is 10.2 Å². The molecule has 1 rings (SSSR count). The van der Waals surface area contributed by atoms with Crippen LogP contribution in [0.1, 0.15) is 33.1 Å². The third-order valence-electron chi connectivity index (χ3n) is 4.05. The fourth-order valence-electron chi connectivity index (χ4n) is 2.66. The van der Waals surface area contributed by atoms with E-state index >= 15 is 0 Å². The maximum Gasteiger partial charge on any atom is 0.327 e. The smallest absolute Gasteiger partial charge is 0.327 e. The molecule has 1 aliphatic carbocycles. The molecule has 0 spiro atoms. The number of carbonyl (C=O) groups excluding carboxylic acids is 1. The fraction of sp³-hybridized carbons (Fsp3) is 0.933. The highest BCUT2D eigenvalue weighted by Crippen LogP contribution is 2.41. The molecule has 118 valence electrons. The summed E-state index contributed by atoms with van der Waals surface area (Å²) in [6.45, 7) is 8.20. The zero-order chi connectivity index (χ0) is 15.0. The van der Waals surface area contributed by atoms with Crippen LogP contribution in [0, 0.1) is 5.92 Å². The lowest BCUT2D eigenvalue weighted by molar-refractivity contribution is -0.151. The van der Waals surface area contributed by atoms with Crippen molar-refractivity contribution in [1.29, 1.82) is 0 Å². The van der Waals surface area contributed by atoms with E-state index in [1.54, 1.807) is 7.11 Å². The lowest BCUT2D eigenvalue weighted by atomic mass is 9.91. The zero-order valence-corrected chi connectivity index (χ0v) is 13.4. The second kappa shape index (κ2) is 8.60. The first-order chi connectivity index (χ1) is 9.64. The second-order valence-electron chi connectivity index (χ2n) is 5.53. The van der Waals surface area contributed by atoms with Gasteiger partial charge in [0.25, 0.3) is 0 Å². The van der Waals surface area contributed by atoms with Crippen LogP contribution in [0.2, 0.25) is 0 Å². The Kier molecular flexibility index (Phi) is 7.48. The monoisotopic (exact) mass is 286 g/mol. The van der Waals surface area contributed by atoms with Crippen molar-refractivity contribution >= 4 is 5.97 Å². The van der Waals surface area contributed by atoms with Crippen LogP contribution in [0.25, 0.3) is 0 Å². The molecule has 1 atom stereocenters. The summed E-state index contributed by atoms with van der Waals surface area (Å²) in [6.07, 6.45) is 3.22. The number of nitrogens with zero attached hydrogens (tertiary/aromatic N) is 1. The van der Waals surface area contributed by atoms with E-state index in [-0.39, 0.29) is 5.97 Å². The van der Waals surface area contributed by atoms with Crippen LogP contribution in [0.4, 0.5) is 0 Å². The van der Waals surface area contributed by atoms with Gasteiger partial charge in [-0.2, -0.15) is 0 Å². The Morgan fingerprint density at radius 2 is 2.05 bits per heavy atom. The third kappa shape index (κ3) is 4.43. The second-order valence-corrected chi connectivity index (χ2v) is 5.53. The van der Waals surface area contributed by atoms with Gasteiger partial charge in [-0.05, 0) is 38.3 Å². The van der Waals surface area contributed by atoms with Crippen molar-refractivity contribution in [3.8, 4) is 0 Å². The summed E-state index contributed by atoms with van der Waals surface area (Å²) in [6, 6.07) is 0. The van der Waals surface area contributed by atoms with Crippen LogP contribution in [0.3, 0.4) is 0 Å². The first kappa shape index (κ1) is 17.4. The van der Waals surface area contributed by atoms with E-state index in [9.17, 15) is 4.79 Å². The van der Waals surface area contributed by atoms with Gasteiger partial charge in [0, 0.05) is 20.2 Å². The molecule has 0 bridgehead atoms. The van der Waals surface area contributed by atoms with Crippen molar-refractivity contribution in [2.24, 2.45) is 5.92 Å². The molecule has 5 nitrogen and oxygen atoms in total. The average molecular weight is 286 g/mol. The summed E-state index contributed by atoms with van der Waals surface area (Å²) in [7, 11) is 3.19. The molecule has 0 radical (unpaired) electrons. The summed E-state index contributed by atoms with van der Waals surface area (Å²) < 4.78 is 10.3. The van der Waals surface area contributed by atoms with Crippen molar-refractivity contribution in [2.75, 3.05) is 47.0 Å². The number of hydrogen-bond acceptors (Lipinski definition) is 5. The van der Waals surface area contributed by atoms with Crippen LogP contribution in [0.15, 0.2) is 0 Å². The molecule has 0 aromatic rings. The van der Waals surface area contributed by atoms with E-state index in [1.807, 2.05) is 0 Å². The minimum atomic E-state index is -0.547. The van der Waals surface area contributed by atoms with Crippen molar-refractivity contribution in [3.63, 3.8) is 0 Å². The molecular weight excluding hydrogens is 256 g/mol. The van der Waals surface area contributed by atoms with Crippen molar-refractivity contribution in [2.45, 2.75) is 38.6 Å². The highest BCUT2D eigenvalue weighted by Gasteiger charge is 2.52. The lowest BCUT2D eigenvalue weighted by Crippen LogP contribution is -2.61. The van der Waals surface area contributed by atoms with Crippen molar-refractivity contribution < 1.29 is 14.3 Å². The maximum atomic E-state index is 12.4.